The summed E-state index contributed by atoms with van der Waals surface area (Å²) in [6.45, 7) is 3.42. The van der Waals surface area contributed by atoms with Gasteiger partial charge in [0.15, 0.2) is 0 Å². The molecule has 2 bridgehead atoms. The SMILES string of the molecule is N#Cc1cc(F)c(CNC2CN3CCC2CC3)c(F)c1. The summed E-state index contributed by atoms with van der Waals surface area (Å²) in [4.78, 5) is 2.39. The fourth-order valence-electron chi connectivity index (χ4n) is 3.27. The minimum atomic E-state index is -0.643. The van der Waals surface area contributed by atoms with Gasteiger partial charge in [0.1, 0.15) is 11.6 Å². The molecule has 3 aliphatic heterocycles. The zero-order valence-electron chi connectivity index (χ0n) is 11.2. The average molecular weight is 277 g/mol. The second-order valence-corrected chi connectivity index (χ2v) is 5.66. The largest absolute Gasteiger partial charge is 0.308 e. The molecule has 20 heavy (non-hydrogen) atoms. The smallest absolute Gasteiger partial charge is 0.131 e. The van der Waals surface area contributed by atoms with E-state index in [0.29, 0.717) is 12.0 Å². The molecule has 106 valence electrons. The second kappa shape index (κ2) is 5.47. The first kappa shape index (κ1) is 13.5. The van der Waals surface area contributed by atoms with Crippen molar-refractivity contribution in [1.82, 2.24) is 10.2 Å². The van der Waals surface area contributed by atoms with Crippen LogP contribution in [0.25, 0.3) is 0 Å². The first-order chi connectivity index (χ1) is 9.67. The van der Waals surface area contributed by atoms with Crippen LogP contribution < -0.4 is 5.32 Å². The van der Waals surface area contributed by atoms with E-state index >= 15 is 0 Å². The number of halogens is 2. The highest BCUT2D eigenvalue weighted by molar-refractivity contribution is 5.34. The standard InChI is InChI=1S/C15H17F2N3/c16-13-5-10(7-18)6-14(17)12(13)8-19-15-9-20-3-1-11(15)2-4-20/h5-6,11,15,19H,1-4,8-9H2. The molecule has 0 saturated carbocycles. The molecule has 4 rings (SSSR count). The summed E-state index contributed by atoms with van der Waals surface area (Å²) in [6, 6.07) is 4.26. The van der Waals surface area contributed by atoms with Gasteiger partial charge in [-0.3, -0.25) is 0 Å². The predicted octanol–water partition coefficient (Wildman–Crippen LogP) is 2.02. The summed E-state index contributed by atoms with van der Waals surface area (Å²) in [5, 5.41) is 12.0. The maximum atomic E-state index is 13.8. The van der Waals surface area contributed by atoms with E-state index in [-0.39, 0.29) is 17.7 Å². The van der Waals surface area contributed by atoms with E-state index in [2.05, 4.69) is 10.2 Å². The fourth-order valence-corrected chi connectivity index (χ4v) is 3.27. The van der Waals surface area contributed by atoms with Crippen LogP contribution in [0.3, 0.4) is 0 Å². The van der Waals surface area contributed by atoms with Gasteiger partial charge in [0.25, 0.3) is 0 Å². The number of rotatable bonds is 3. The Morgan fingerprint density at radius 1 is 1.25 bits per heavy atom. The normalized spacial score (nSPS) is 28.4. The highest BCUT2D eigenvalue weighted by Gasteiger charge is 2.33. The van der Waals surface area contributed by atoms with Crippen LogP contribution in [0.4, 0.5) is 8.78 Å². The van der Waals surface area contributed by atoms with Gasteiger partial charge in [0, 0.05) is 24.7 Å². The Labute approximate surface area is 117 Å². The van der Waals surface area contributed by atoms with Gasteiger partial charge in [-0.25, -0.2) is 8.78 Å². The van der Waals surface area contributed by atoms with E-state index in [1.165, 1.54) is 0 Å². The van der Waals surface area contributed by atoms with Gasteiger partial charge in [-0.05, 0) is 44.0 Å². The number of hydrogen-bond acceptors (Lipinski definition) is 3. The van der Waals surface area contributed by atoms with Gasteiger partial charge >= 0.3 is 0 Å². The Kier molecular flexibility index (Phi) is 3.68. The Hall–Kier alpha value is -1.51. The van der Waals surface area contributed by atoms with Gasteiger partial charge < -0.3 is 10.2 Å². The molecule has 1 atom stereocenters. The Morgan fingerprint density at radius 3 is 2.40 bits per heavy atom. The van der Waals surface area contributed by atoms with Crippen molar-refractivity contribution in [2.45, 2.75) is 25.4 Å². The third-order valence-electron chi connectivity index (χ3n) is 4.47. The third-order valence-corrected chi connectivity index (χ3v) is 4.47. The van der Waals surface area contributed by atoms with Crippen LogP contribution >= 0.6 is 0 Å². The molecular formula is C15H17F2N3. The zero-order valence-corrected chi connectivity index (χ0v) is 11.2. The molecule has 3 heterocycles. The monoisotopic (exact) mass is 277 g/mol. The molecule has 0 radical (unpaired) electrons. The minimum absolute atomic E-state index is 0.0200. The van der Waals surface area contributed by atoms with Crippen molar-refractivity contribution < 1.29 is 8.78 Å². The first-order valence-corrected chi connectivity index (χ1v) is 7.01. The topological polar surface area (TPSA) is 39.1 Å². The first-order valence-electron chi connectivity index (χ1n) is 7.01. The van der Waals surface area contributed by atoms with Gasteiger partial charge in [-0.2, -0.15) is 5.26 Å². The summed E-state index contributed by atoms with van der Waals surface area (Å²) in [7, 11) is 0. The molecular weight excluding hydrogens is 260 g/mol. The molecule has 1 unspecified atom stereocenters. The Bertz CT molecular complexity index is 522. The summed E-state index contributed by atoms with van der Waals surface area (Å²) in [5.41, 5.74) is 0.0482. The quantitative estimate of drug-likeness (QED) is 0.918. The highest BCUT2D eigenvalue weighted by Crippen LogP contribution is 2.28. The van der Waals surface area contributed by atoms with Crippen molar-refractivity contribution in [2.24, 2.45) is 5.92 Å². The number of nitrogens with one attached hydrogen (secondary N) is 1. The van der Waals surface area contributed by atoms with Crippen molar-refractivity contribution in [3.63, 3.8) is 0 Å². The van der Waals surface area contributed by atoms with Gasteiger partial charge in [-0.15, -0.1) is 0 Å². The van der Waals surface area contributed by atoms with Gasteiger partial charge in [0.05, 0.1) is 11.6 Å². The van der Waals surface area contributed by atoms with Crippen LogP contribution in [0, 0.1) is 28.9 Å². The lowest BCUT2D eigenvalue weighted by Gasteiger charge is -2.45. The lowest BCUT2D eigenvalue weighted by atomic mass is 9.84. The summed E-state index contributed by atoms with van der Waals surface area (Å²) in [6.07, 6.45) is 2.33. The van der Waals surface area contributed by atoms with Crippen molar-refractivity contribution >= 4 is 0 Å². The molecule has 0 aromatic heterocycles. The molecule has 1 N–H and O–H groups in total. The van der Waals surface area contributed by atoms with E-state index in [4.69, 9.17) is 5.26 Å². The summed E-state index contributed by atoms with van der Waals surface area (Å²) in [5.74, 6) is -0.671. The third kappa shape index (κ3) is 2.54. The molecule has 3 nitrogen and oxygen atoms in total. The zero-order chi connectivity index (χ0) is 14.1. The van der Waals surface area contributed by atoms with Gasteiger partial charge in [-0.1, -0.05) is 0 Å². The summed E-state index contributed by atoms with van der Waals surface area (Å²) >= 11 is 0. The van der Waals surface area contributed by atoms with Crippen molar-refractivity contribution in [2.75, 3.05) is 19.6 Å². The second-order valence-electron chi connectivity index (χ2n) is 5.66. The van der Waals surface area contributed by atoms with E-state index < -0.39 is 11.6 Å². The highest BCUT2D eigenvalue weighted by atomic mass is 19.1. The van der Waals surface area contributed by atoms with Crippen LogP contribution in [0.15, 0.2) is 12.1 Å². The number of nitriles is 1. The lowest BCUT2D eigenvalue weighted by Crippen LogP contribution is -2.55. The number of piperidine rings is 3. The fraction of sp³-hybridized carbons (Fsp3) is 0.533. The summed E-state index contributed by atoms with van der Waals surface area (Å²) < 4.78 is 27.6. The van der Waals surface area contributed by atoms with E-state index in [1.54, 1.807) is 6.07 Å². The molecule has 0 aliphatic carbocycles. The molecule has 0 amide bonds. The van der Waals surface area contributed by atoms with Crippen LogP contribution in [0.5, 0.6) is 0 Å². The van der Waals surface area contributed by atoms with Crippen LogP contribution in [-0.2, 0) is 6.54 Å². The van der Waals surface area contributed by atoms with Gasteiger partial charge in [0.2, 0.25) is 0 Å². The van der Waals surface area contributed by atoms with Crippen LogP contribution in [-0.4, -0.2) is 30.6 Å². The van der Waals surface area contributed by atoms with Crippen molar-refractivity contribution in [1.29, 1.82) is 5.26 Å². The Morgan fingerprint density at radius 2 is 1.90 bits per heavy atom. The van der Waals surface area contributed by atoms with E-state index in [1.807, 2.05) is 0 Å². The van der Waals surface area contributed by atoms with Crippen LogP contribution in [0.1, 0.15) is 24.0 Å². The average Bonchev–Trinajstić information content (AvgIpc) is 2.47. The number of fused-ring (bicyclic) bond motifs is 3. The molecule has 3 aliphatic rings. The predicted molar refractivity (Wildman–Crippen MR) is 70.9 cm³/mol. The Balaban J connectivity index is 1.68. The molecule has 0 spiro atoms. The van der Waals surface area contributed by atoms with E-state index in [9.17, 15) is 8.78 Å². The lowest BCUT2D eigenvalue weighted by molar-refractivity contribution is 0.0717. The number of hydrogen-bond donors (Lipinski definition) is 1. The maximum Gasteiger partial charge on any atom is 0.131 e. The number of nitrogens with zero attached hydrogens (tertiary/aromatic N) is 2. The minimum Gasteiger partial charge on any atom is -0.308 e. The molecule has 3 saturated heterocycles. The molecule has 3 fully saturated rings. The number of benzene rings is 1. The van der Waals surface area contributed by atoms with Crippen LogP contribution in [0.2, 0.25) is 0 Å². The molecule has 1 aromatic carbocycles. The van der Waals surface area contributed by atoms with Crippen molar-refractivity contribution in [3.8, 4) is 6.07 Å². The van der Waals surface area contributed by atoms with Crippen molar-refractivity contribution in [3.05, 3.63) is 34.9 Å². The molecule has 5 heteroatoms. The molecule has 1 aromatic rings. The maximum absolute atomic E-state index is 13.8. The van der Waals surface area contributed by atoms with E-state index in [0.717, 1.165) is 44.6 Å².